The fourth-order valence-corrected chi connectivity index (χ4v) is 3.27. The molecule has 0 unspecified atom stereocenters. The van der Waals surface area contributed by atoms with Gasteiger partial charge in [-0.05, 0) is 49.2 Å². The van der Waals surface area contributed by atoms with Crippen LogP contribution < -0.4 is 9.62 Å². The van der Waals surface area contributed by atoms with Gasteiger partial charge in [-0.15, -0.1) is 0 Å². The van der Waals surface area contributed by atoms with Gasteiger partial charge >= 0.3 is 0 Å². The molecule has 1 N–H and O–H groups in total. The smallest absolute Gasteiger partial charge is 0.245 e. The molecular weight excluding hydrogens is 348 g/mol. The van der Waals surface area contributed by atoms with E-state index < -0.39 is 15.9 Å². The first-order valence-corrected chi connectivity index (χ1v) is 9.50. The molecule has 0 aromatic heterocycles. The monoisotopic (exact) mass is 366 g/mol. The van der Waals surface area contributed by atoms with Crippen LogP contribution in [0.3, 0.4) is 0 Å². The van der Waals surface area contributed by atoms with E-state index >= 15 is 0 Å². The number of anilines is 2. The number of rotatable bonds is 5. The summed E-state index contributed by atoms with van der Waals surface area (Å²) in [5, 5.41) is 3.16. The Bertz CT molecular complexity index is 866. The first-order chi connectivity index (χ1) is 11.2. The van der Waals surface area contributed by atoms with Crippen LogP contribution >= 0.6 is 11.6 Å². The summed E-state index contributed by atoms with van der Waals surface area (Å²) >= 11 is 5.92. The first kappa shape index (κ1) is 18.3. The second kappa shape index (κ2) is 7.23. The third kappa shape index (κ3) is 4.49. The lowest BCUT2D eigenvalue weighted by Crippen LogP contribution is -2.37. The Morgan fingerprint density at radius 2 is 1.83 bits per heavy atom. The van der Waals surface area contributed by atoms with Crippen molar-refractivity contribution in [1.82, 2.24) is 0 Å². The number of halogens is 1. The van der Waals surface area contributed by atoms with Gasteiger partial charge in [-0.2, -0.15) is 0 Å². The summed E-state index contributed by atoms with van der Waals surface area (Å²) < 4.78 is 25.1. The van der Waals surface area contributed by atoms with Crippen LogP contribution in [0.25, 0.3) is 0 Å². The van der Waals surface area contributed by atoms with Gasteiger partial charge < -0.3 is 5.32 Å². The maximum Gasteiger partial charge on any atom is 0.245 e. The van der Waals surface area contributed by atoms with E-state index in [1.807, 2.05) is 26.0 Å². The Morgan fingerprint density at radius 3 is 2.46 bits per heavy atom. The molecule has 2 aromatic carbocycles. The standard InChI is InChI=1S/C17H19ClN2O3S/c1-12-6-4-9-16(13(12)2)19-17(21)11-20(24(3,22)23)15-8-5-7-14(18)10-15/h4-10H,11H2,1-3H3,(H,19,21). The molecular formula is C17H19ClN2O3S. The largest absolute Gasteiger partial charge is 0.324 e. The zero-order valence-corrected chi connectivity index (χ0v) is 15.3. The van der Waals surface area contributed by atoms with E-state index in [0.29, 0.717) is 16.4 Å². The Balaban J connectivity index is 2.24. The van der Waals surface area contributed by atoms with Crippen LogP contribution in [0.1, 0.15) is 11.1 Å². The maximum absolute atomic E-state index is 12.3. The number of amides is 1. The highest BCUT2D eigenvalue weighted by molar-refractivity contribution is 7.92. The van der Waals surface area contributed by atoms with Crippen LogP contribution in [-0.4, -0.2) is 27.1 Å². The molecule has 2 rings (SSSR count). The lowest BCUT2D eigenvalue weighted by molar-refractivity contribution is -0.114. The maximum atomic E-state index is 12.3. The number of nitrogens with zero attached hydrogens (tertiary/aromatic N) is 1. The Hall–Kier alpha value is -2.05. The molecule has 0 spiro atoms. The van der Waals surface area contributed by atoms with E-state index in [4.69, 9.17) is 11.6 Å². The molecule has 0 aliphatic carbocycles. The minimum atomic E-state index is -3.63. The SMILES string of the molecule is Cc1cccc(NC(=O)CN(c2cccc(Cl)c2)S(C)(=O)=O)c1C. The number of benzene rings is 2. The van der Waals surface area contributed by atoms with Gasteiger partial charge in [-0.1, -0.05) is 29.8 Å². The first-order valence-electron chi connectivity index (χ1n) is 7.28. The highest BCUT2D eigenvalue weighted by Gasteiger charge is 2.21. The average Bonchev–Trinajstić information content (AvgIpc) is 2.48. The Kier molecular flexibility index (Phi) is 5.51. The molecule has 7 heteroatoms. The fourth-order valence-electron chi connectivity index (χ4n) is 2.24. The van der Waals surface area contributed by atoms with Gasteiger partial charge in [0.15, 0.2) is 0 Å². The number of hydrogen-bond acceptors (Lipinski definition) is 3. The lowest BCUT2D eigenvalue weighted by atomic mass is 10.1. The third-order valence-corrected chi connectivity index (χ3v) is 5.04. The van der Waals surface area contributed by atoms with Gasteiger partial charge in [0.05, 0.1) is 11.9 Å². The number of carbonyl (C=O) groups is 1. The van der Waals surface area contributed by atoms with Crippen LogP contribution in [0.2, 0.25) is 5.02 Å². The molecule has 24 heavy (non-hydrogen) atoms. The molecule has 0 heterocycles. The highest BCUT2D eigenvalue weighted by atomic mass is 35.5. The van der Waals surface area contributed by atoms with Crippen molar-refractivity contribution in [2.45, 2.75) is 13.8 Å². The topological polar surface area (TPSA) is 66.5 Å². The van der Waals surface area contributed by atoms with Crippen LogP contribution in [0.5, 0.6) is 0 Å². The van der Waals surface area contributed by atoms with E-state index in [-0.39, 0.29) is 6.54 Å². The van der Waals surface area contributed by atoms with Crippen LogP contribution in [0.15, 0.2) is 42.5 Å². The summed E-state index contributed by atoms with van der Waals surface area (Å²) in [7, 11) is -3.63. The van der Waals surface area contributed by atoms with E-state index in [1.165, 1.54) is 6.07 Å². The van der Waals surface area contributed by atoms with Crippen LogP contribution in [0, 0.1) is 13.8 Å². The van der Waals surface area contributed by atoms with Crippen LogP contribution in [0.4, 0.5) is 11.4 Å². The predicted octanol–water partition coefficient (Wildman–Crippen LogP) is 3.36. The van der Waals surface area contributed by atoms with Gasteiger partial charge in [0.2, 0.25) is 15.9 Å². The van der Waals surface area contributed by atoms with E-state index in [2.05, 4.69) is 5.32 Å². The van der Waals surface area contributed by atoms with Gasteiger partial charge in [0.1, 0.15) is 6.54 Å². The molecule has 128 valence electrons. The van der Waals surface area contributed by atoms with Crippen molar-refractivity contribution in [3.05, 3.63) is 58.6 Å². The van der Waals surface area contributed by atoms with Gasteiger partial charge in [-0.3, -0.25) is 9.10 Å². The average molecular weight is 367 g/mol. The molecule has 0 aliphatic heterocycles. The molecule has 2 aromatic rings. The van der Waals surface area contributed by atoms with Crippen molar-refractivity contribution in [1.29, 1.82) is 0 Å². The second-order valence-corrected chi connectivity index (χ2v) is 7.89. The van der Waals surface area contributed by atoms with Crippen molar-refractivity contribution in [2.75, 3.05) is 22.4 Å². The molecule has 0 atom stereocenters. The Labute approximate surface area is 147 Å². The number of carbonyl (C=O) groups excluding carboxylic acids is 1. The van der Waals surface area contributed by atoms with Crippen molar-refractivity contribution < 1.29 is 13.2 Å². The molecule has 0 bridgehead atoms. The van der Waals surface area contributed by atoms with Gasteiger partial charge in [0.25, 0.3) is 0 Å². The second-order valence-electron chi connectivity index (χ2n) is 5.55. The normalized spacial score (nSPS) is 11.2. The summed E-state index contributed by atoms with van der Waals surface area (Å²) in [6, 6.07) is 11.9. The van der Waals surface area contributed by atoms with Crippen molar-refractivity contribution >= 4 is 38.9 Å². The lowest BCUT2D eigenvalue weighted by Gasteiger charge is -2.22. The minimum absolute atomic E-state index is 0.327. The van der Waals surface area contributed by atoms with Gasteiger partial charge in [0, 0.05) is 10.7 Å². The summed E-state index contributed by atoms with van der Waals surface area (Å²) in [6.07, 6.45) is 1.05. The number of sulfonamides is 1. The summed E-state index contributed by atoms with van der Waals surface area (Å²) in [5.41, 5.74) is 3.00. The zero-order chi connectivity index (χ0) is 17.9. The van der Waals surface area contributed by atoms with Crippen molar-refractivity contribution in [2.24, 2.45) is 0 Å². The predicted molar refractivity (Wildman–Crippen MR) is 98.2 cm³/mol. The fraction of sp³-hybridized carbons (Fsp3) is 0.235. The number of nitrogens with one attached hydrogen (secondary N) is 1. The molecule has 0 fully saturated rings. The van der Waals surface area contributed by atoms with E-state index in [0.717, 1.165) is 21.7 Å². The summed E-state index contributed by atoms with van der Waals surface area (Å²) in [4.78, 5) is 12.3. The summed E-state index contributed by atoms with van der Waals surface area (Å²) in [6.45, 7) is 3.52. The minimum Gasteiger partial charge on any atom is -0.324 e. The van der Waals surface area contributed by atoms with Gasteiger partial charge in [-0.25, -0.2) is 8.42 Å². The zero-order valence-electron chi connectivity index (χ0n) is 13.7. The number of aryl methyl sites for hydroxylation is 1. The highest BCUT2D eigenvalue weighted by Crippen LogP contribution is 2.22. The third-order valence-electron chi connectivity index (χ3n) is 3.66. The molecule has 0 saturated heterocycles. The molecule has 1 amide bonds. The molecule has 0 saturated carbocycles. The van der Waals surface area contributed by atoms with Crippen molar-refractivity contribution in [3.63, 3.8) is 0 Å². The molecule has 0 radical (unpaired) electrons. The van der Waals surface area contributed by atoms with E-state index in [9.17, 15) is 13.2 Å². The molecule has 5 nitrogen and oxygen atoms in total. The quantitative estimate of drug-likeness (QED) is 0.882. The molecule has 0 aliphatic rings. The summed E-state index contributed by atoms with van der Waals surface area (Å²) in [5.74, 6) is -0.422. The van der Waals surface area contributed by atoms with Crippen LogP contribution in [-0.2, 0) is 14.8 Å². The van der Waals surface area contributed by atoms with Crippen molar-refractivity contribution in [3.8, 4) is 0 Å². The number of hydrogen-bond donors (Lipinski definition) is 1. The Morgan fingerprint density at radius 1 is 1.17 bits per heavy atom. The van der Waals surface area contributed by atoms with E-state index in [1.54, 1.807) is 24.3 Å².